The van der Waals surface area contributed by atoms with Gasteiger partial charge < -0.3 is 4.90 Å². The van der Waals surface area contributed by atoms with E-state index in [-0.39, 0.29) is 16.2 Å². The monoisotopic (exact) mass is 475 g/mol. The van der Waals surface area contributed by atoms with Crippen molar-refractivity contribution < 1.29 is 17.8 Å². The minimum absolute atomic E-state index is 0.0896. The molecular formula is C25H37N3O4S. The molecular weight excluding hydrogens is 438 g/mol. The Kier molecular flexibility index (Phi) is 8.79. The topological polar surface area (TPSA) is 90.3 Å². The summed E-state index contributed by atoms with van der Waals surface area (Å²) in [6.07, 6.45) is 3.87. The summed E-state index contributed by atoms with van der Waals surface area (Å²) in [6, 6.07) is 5.41. The van der Waals surface area contributed by atoms with Crippen LogP contribution >= 0.6 is 0 Å². The second kappa shape index (κ2) is 10.8. The summed E-state index contributed by atoms with van der Waals surface area (Å²) in [4.78, 5) is 15.1. The number of hydrogen-bond donors (Lipinski definition) is 1. The van der Waals surface area contributed by atoms with Gasteiger partial charge in [-0.1, -0.05) is 46.3 Å². The van der Waals surface area contributed by atoms with Crippen LogP contribution in [-0.4, -0.2) is 49.1 Å². The molecule has 1 heterocycles. The Morgan fingerprint density at radius 1 is 1.03 bits per heavy atom. The first-order valence-electron chi connectivity index (χ1n) is 11.4. The van der Waals surface area contributed by atoms with E-state index in [9.17, 15) is 13.2 Å². The van der Waals surface area contributed by atoms with E-state index in [2.05, 4.69) is 57.6 Å². The fourth-order valence-corrected chi connectivity index (χ4v) is 4.85. The van der Waals surface area contributed by atoms with E-state index in [1.807, 2.05) is 0 Å². The molecule has 0 aromatic heterocycles. The maximum absolute atomic E-state index is 13.0. The van der Waals surface area contributed by atoms with E-state index < -0.39 is 10.1 Å². The molecule has 0 spiro atoms. The molecule has 1 N–H and O–H groups in total. The molecule has 2 aliphatic rings. The van der Waals surface area contributed by atoms with Crippen LogP contribution in [0, 0.1) is 5.41 Å². The fraction of sp³-hybridized carbons (Fsp3) is 0.520. The SMILES string of the molecule is CC1=CC(=C2C(=O)N(c3ccc(S(=O)(=O)O)cc3)N=C2C)CC(C)(C)C1.CCN(CC)CC. The summed E-state index contributed by atoms with van der Waals surface area (Å²) in [5.74, 6) is -0.223. The minimum atomic E-state index is -4.27. The van der Waals surface area contributed by atoms with Gasteiger partial charge in [-0.15, -0.1) is 0 Å². The number of hydrogen-bond acceptors (Lipinski definition) is 5. The van der Waals surface area contributed by atoms with Crippen molar-refractivity contribution >= 4 is 27.4 Å². The van der Waals surface area contributed by atoms with Crippen LogP contribution in [0.15, 0.2) is 57.1 Å². The zero-order valence-electron chi connectivity index (χ0n) is 20.8. The number of amides is 1. The van der Waals surface area contributed by atoms with Gasteiger partial charge in [0.15, 0.2) is 0 Å². The van der Waals surface area contributed by atoms with E-state index in [1.165, 1.54) is 54.5 Å². The Balaban J connectivity index is 0.000000479. The zero-order valence-corrected chi connectivity index (χ0v) is 21.7. The van der Waals surface area contributed by atoms with Crippen LogP contribution in [0.3, 0.4) is 0 Å². The lowest BCUT2D eigenvalue weighted by molar-refractivity contribution is -0.114. The summed E-state index contributed by atoms with van der Waals surface area (Å²) >= 11 is 0. The molecule has 1 aliphatic carbocycles. The lowest BCUT2D eigenvalue weighted by Crippen LogP contribution is -2.24. The number of carbonyl (C=O) groups excluding carboxylic acids is 1. The van der Waals surface area contributed by atoms with E-state index in [0.29, 0.717) is 17.0 Å². The maximum atomic E-state index is 13.0. The first-order chi connectivity index (χ1) is 15.3. The normalized spacial score (nSPS) is 20.4. The van der Waals surface area contributed by atoms with Crippen molar-refractivity contribution in [1.29, 1.82) is 0 Å². The van der Waals surface area contributed by atoms with Gasteiger partial charge in [-0.3, -0.25) is 9.35 Å². The van der Waals surface area contributed by atoms with Gasteiger partial charge in [-0.2, -0.15) is 18.5 Å². The molecule has 0 saturated heterocycles. The molecule has 0 bridgehead atoms. The molecule has 8 heteroatoms. The van der Waals surface area contributed by atoms with Crippen LogP contribution in [0.5, 0.6) is 0 Å². The van der Waals surface area contributed by atoms with Gasteiger partial charge in [-0.25, -0.2) is 0 Å². The largest absolute Gasteiger partial charge is 0.304 e. The number of benzene rings is 1. The molecule has 1 aromatic carbocycles. The smallest absolute Gasteiger partial charge is 0.294 e. The molecule has 0 saturated carbocycles. The molecule has 0 radical (unpaired) electrons. The van der Waals surface area contributed by atoms with Crippen molar-refractivity contribution in [2.24, 2.45) is 10.5 Å². The van der Waals surface area contributed by atoms with Crippen molar-refractivity contribution in [3.63, 3.8) is 0 Å². The number of rotatable bonds is 5. The van der Waals surface area contributed by atoms with E-state index >= 15 is 0 Å². The summed E-state index contributed by atoms with van der Waals surface area (Å²) in [5, 5.41) is 5.64. The van der Waals surface area contributed by atoms with Crippen molar-refractivity contribution in [3.8, 4) is 0 Å². The van der Waals surface area contributed by atoms with Gasteiger partial charge in [0.05, 0.1) is 21.9 Å². The molecule has 0 atom stereocenters. The average molecular weight is 476 g/mol. The van der Waals surface area contributed by atoms with Crippen molar-refractivity contribution in [2.75, 3.05) is 24.6 Å². The highest BCUT2D eigenvalue weighted by Crippen LogP contribution is 2.40. The molecule has 7 nitrogen and oxygen atoms in total. The number of nitrogens with zero attached hydrogens (tertiary/aromatic N) is 3. The molecule has 1 aromatic rings. The Labute approximate surface area is 198 Å². The molecule has 33 heavy (non-hydrogen) atoms. The quantitative estimate of drug-likeness (QED) is 0.474. The van der Waals surface area contributed by atoms with Gasteiger partial charge in [0, 0.05) is 0 Å². The highest BCUT2D eigenvalue weighted by molar-refractivity contribution is 7.85. The Morgan fingerprint density at radius 2 is 1.58 bits per heavy atom. The third-order valence-corrected chi connectivity index (χ3v) is 6.77. The van der Waals surface area contributed by atoms with Crippen LogP contribution in [0.1, 0.15) is 61.3 Å². The van der Waals surface area contributed by atoms with Gasteiger partial charge in [0.25, 0.3) is 16.0 Å². The summed E-state index contributed by atoms with van der Waals surface area (Å²) in [7, 11) is -4.27. The lowest BCUT2D eigenvalue weighted by atomic mass is 9.74. The minimum Gasteiger partial charge on any atom is -0.304 e. The Bertz CT molecular complexity index is 1060. The summed E-state index contributed by atoms with van der Waals surface area (Å²) in [5.41, 5.74) is 4.02. The molecule has 1 aliphatic heterocycles. The van der Waals surface area contributed by atoms with E-state index in [0.717, 1.165) is 18.4 Å². The number of carbonyl (C=O) groups is 1. The van der Waals surface area contributed by atoms with Crippen LogP contribution in [0.4, 0.5) is 5.69 Å². The number of allylic oxidation sites excluding steroid dienone is 3. The van der Waals surface area contributed by atoms with Crippen molar-refractivity contribution in [3.05, 3.63) is 47.1 Å². The van der Waals surface area contributed by atoms with Gasteiger partial charge >= 0.3 is 0 Å². The highest BCUT2D eigenvalue weighted by atomic mass is 32.2. The second-order valence-electron chi connectivity index (χ2n) is 9.30. The zero-order chi connectivity index (χ0) is 25.0. The average Bonchev–Trinajstić information content (AvgIpc) is 3.02. The van der Waals surface area contributed by atoms with Crippen molar-refractivity contribution in [2.45, 2.75) is 66.2 Å². The fourth-order valence-electron chi connectivity index (χ4n) is 4.37. The second-order valence-corrected chi connectivity index (χ2v) is 10.7. The molecule has 0 fully saturated rings. The Hall–Kier alpha value is -2.29. The van der Waals surface area contributed by atoms with Crippen LogP contribution in [0.25, 0.3) is 0 Å². The van der Waals surface area contributed by atoms with E-state index in [4.69, 9.17) is 4.55 Å². The lowest BCUT2D eigenvalue weighted by Gasteiger charge is -2.31. The first-order valence-corrected chi connectivity index (χ1v) is 12.9. The van der Waals surface area contributed by atoms with E-state index in [1.54, 1.807) is 6.92 Å². The number of anilines is 1. The van der Waals surface area contributed by atoms with Crippen molar-refractivity contribution in [1.82, 2.24) is 4.90 Å². The predicted octanol–water partition coefficient (Wildman–Crippen LogP) is 5.07. The molecule has 0 unspecified atom stereocenters. The van der Waals surface area contributed by atoms with Crippen LogP contribution < -0.4 is 5.01 Å². The molecule has 3 rings (SSSR count). The summed E-state index contributed by atoms with van der Waals surface area (Å²) in [6.45, 7) is 18.4. The molecule has 182 valence electrons. The first kappa shape index (κ1) is 27.0. The molecule has 1 amide bonds. The van der Waals surface area contributed by atoms with Crippen LogP contribution in [-0.2, 0) is 14.9 Å². The van der Waals surface area contributed by atoms with Gasteiger partial charge in [0.2, 0.25) is 0 Å². The standard InChI is InChI=1S/C19H22N2O4S.C6H15N/c1-12-9-14(11-19(3,4)10-12)17-13(2)20-21(18(17)22)15-5-7-16(8-6-15)26(23,24)25;1-4-7(5-2)6-3/h5-9H,10-11H2,1-4H3,(H,23,24,25);4-6H2,1-3H3. The third-order valence-electron chi connectivity index (χ3n) is 5.91. The van der Waals surface area contributed by atoms with Gasteiger partial charge in [0.1, 0.15) is 0 Å². The van der Waals surface area contributed by atoms with Gasteiger partial charge in [-0.05, 0) is 81.6 Å². The predicted molar refractivity (Wildman–Crippen MR) is 134 cm³/mol. The Morgan fingerprint density at radius 3 is 2.00 bits per heavy atom. The number of hydrazone groups is 1. The summed E-state index contributed by atoms with van der Waals surface area (Å²) < 4.78 is 31.4. The van der Waals surface area contributed by atoms with Crippen LogP contribution in [0.2, 0.25) is 0 Å². The highest BCUT2D eigenvalue weighted by Gasteiger charge is 2.34. The third kappa shape index (κ3) is 6.85. The maximum Gasteiger partial charge on any atom is 0.294 e.